The lowest BCUT2D eigenvalue weighted by molar-refractivity contribution is -0.00308. The van der Waals surface area contributed by atoms with E-state index in [1.54, 1.807) is 0 Å². The molecule has 0 saturated carbocycles. The van der Waals surface area contributed by atoms with Gasteiger partial charge >= 0.3 is 0 Å². The SMILES string of the molecule is CC(C)OCC(O)C(C)c1ccccc1. The van der Waals surface area contributed by atoms with Crippen LogP contribution in [0.4, 0.5) is 0 Å². The van der Waals surface area contributed by atoms with Crippen LogP contribution in [0.15, 0.2) is 30.3 Å². The Morgan fingerprint density at radius 2 is 1.73 bits per heavy atom. The summed E-state index contributed by atoms with van der Waals surface area (Å²) in [6.07, 6.45) is -0.266. The highest BCUT2D eigenvalue weighted by Crippen LogP contribution is 2.19. The van der Waals surface area contributed by atoms with Crippen molar-refractivity contribution >= 4 is 0 Å². The van der Waals surface area contributed by atoms with Crippen LogP contribution in [0.2, 0.25) is 0 Å². The smallest absolute Gasteiger partial charge is 0.0839 e. The largest absolute Gasteiger partial charge is 0.390 e. The number of rotatable bonds is 5. The third-order valence-corrected chi connectivity index (χ3v) is 2.50. The zero-order chi connectivity index (χ0) is 11.3. The molecule has 15 heavy (non-hydrogen) atoms. The Balaban J connectivity index is 2.49. The maximum atomic E-state index is 9.90. The zero-order valence-electron chi connectivity index (χ0n) is 9.68. The summed E-state index contributed by atoms with van der Waals surface area (Å²) in [4.78, 5) is 0. The summed E-state index contributed by atoms with van der Waals surface area (Å²) in [7, 11) is 0. The number of hydrogen-bond donors (Lipinski definition) is 1. The summed E-state index contributed by atoms with van der Waals surface area (Å²) in [5.74, 6) is 0.116. The van der Waals surface area contributed by atoms with Gasteiger partial charge in [0.05, 0.1) is 18.8 Å². The first-order chi connectivity index (χ1) is 7.11. The first-order valence-electron chi connectivity index (χ1n) is 5.46. The van der Waals surface area contributed by atoms with Crippen molar-refractivity contribution in [2.24, 2.45) is 0 Å². The van der Waals surface area contributed by atoms with Gasteiger partial charge in [-0.1, -0.05) is 37.3 Å². The van der Waals surface area contributed by atoms with Crippen molar-refractivity contribution in [3.63, 3.8) is 0 Å². The van der Waals surface area contributed by atoms with Crippen LogP contribution in [0.1, 0.15) is 32.3 Å². The topological polar surface area (TPSA) is 29.5 Å². The molecular weight excluding hydrogens is 188 g/mol. The highest BCUT2D eigenvalue weighted by Gasteiger charge is 2.16. The van der Waals surface area contributed by atoms with E-state index in [1.165, 1.54) is 0 Å². The Hall–Kier alpha value is -0.860. The van der Waals surface area contributed by atoms with Crippen molar-refractivity contribution in [1.29, 1.82) is 0 Å². The molecular formula is C13H20O2. The Bertz CT molecular complexity index is 269. The molecule has 2 atom stereocenters. The Morgan fingerprint density at radius 1 is 1.13 bits per heavy atom. The van der Waals surface area contributed by atoms with Gasteiger partial charge in [0.25, 0.3) is 0 Å². The monoisotopic (exact) mass is 208 g/mol. The molecule has 1 aromatic rings. The van der Waals surface area contributed by atoms with Gasteiger partial charge in [0.1, 0.15) is 0 Å². The highest BCUT2D eigenvalue weighted by molar-refractivity contribution is 5.19. The number of benzene rings is 1. The van der Waals surface area contributed by atoms with Gasteiger partial charge in [0.2, 0.25) is 0 Å². The summed E-state index contributed by atoms with van der Waals surface area (Å²) >= 11 is 0. The summed E-state index contributed by atoms with van der Waals surface area (Å²) in [5, 5.41) is 9.90. The molecule has 2 heteroatoms. The van der Waals surface area contributed by atoms with Crippen LogP contribution in [0.5, 0.6) is 0 Å². The van der Waals surface area contributed by atoms with Crippen molar-refractivity contribution in [3.05, 3.63) is 35.9 Å². The second-order valence-electron chi connectivity index (χ2n) is 4.15. The molecule has 0 aliphatic carbocycles. The van der Waals surface area contributed by atoms with Crippen molar-refractivity contribution in [1.82, 2.24) is 0 Å². The van der Waals surface area contributed by atoms with Gasteiger partial charge in [0, 0.05) is 5.92 Å². The first-order valence-corrected chi connectivity index (χ1v) is 5.46. The maximum Gasteiger partial charge on any atom is 0.0839 e. The molecule has 2 nitrogen and oxygen atoms in total. The highest BCUT2D eigenvalue weighted by atomic mass is 16.5. The van der Waals surface area contributed by atoms with Gasteiger partial charge in [-0.15, -0.1) is 0 Å². The zero-order valence-corrected chi connectivity index (χ0v) is 9.68. The quantitative estimate of drug-likeness (QED) is 0.806. The van der Waals surface area contributed by atoms with Crippen molar-refractivity contribution in [2.75, 3.05) is 6.61 Å². The summed E-state index contributed by atoms with van der Waals surface area (Å²) in [6.45, 7) is 6.36. The van der Waals surface area contributed by atoms with Crippen LogP contribution in [-0.4, -0.2) is 23.9 Å². The van der Waals surface area contributed by atoms with E-state index < -0.39 is 6.10 Å². The molecule has 0 saturated heterocycles. The summed E-state index contributed by atoms with van der Waals surface area (Å²) in [5.41, 5.74) is 1.15. The van der Waals surface area contributed by atoms with Crippen LogP contribution < -0.4 is 0 Å². The average molecular weight is 208 g/mol. The van der Waals surface area contributed by atoms with E-state index in [1.807, 2.05) is 51.1 Å². The Kier molecular flexibility index (Phi) is 4.79. The fourth-order valence-electron chi connectivity index (χ4n) is 1.41. The molecule has 0 heterocycles. The Labute approximate surface area is 91.9 Å². The van der Waals surface area contributed by atoms with E-state index >= 15 is 0 Å². The maximum absolute atomic E-state index is 9.90. The molecule has 0 aromatic heterocycles. The van der Waals surface area contributed by atoms with Gasteiger partial charge < -0.3 is 9.84 Å². The minimum absolute atomic E-state index is 0.116. The predicted octanol–water partition coefficient (Wildman–Crippen LogP) is 2.58. The number of hydrogen-bond acceptors (Lipinski definition) is 2. The lowest BCUT2D eigenvalue weighted by Crippen LogP contribution is -2.24. The lowest BCUT2D eigenvalue weighted by atomic mass is 9.96. The van der Waals surface area contributed by atoms with Crippen LogP contribution in [0, 0.1) is 0 Å². The van der Waals surface area contributed by atoms with Crippen LogP contribution >= 0.6 is 0 Å². The van der Waals surface area contributed by atoms with E-state index in [0.717, 1.165) is 5.56 Å². The molecule has 0 radical (unpaired) electrons. The number of aliphatic hydroxyl groups excluding tert-OH is 1. The molecule has 0 aliphatic rings. The van der Waals surface area contributed by atoms with Crippen molar-refractivity contribution in [3.8, 4) is 0 Å². The van der Waals surface area contributed by atoms with E-state index in [0.29, 0.717) is 6.61 Å². The molecule has 0 fully saturated rings. The minimum atomic E-state index is -0.435. The van der Waals surface area contributed by atoms with E-state index in [9.17, 15) is 5.11 Å². The first kappa shape index (κ1) is 12.2. The van der Waals surface area contributed by atoms with Gasteiger partial charge in [-0.3, -0.25) is 0 Å². The molecule has 0 bridgehead atoms. The third kappa shape index (κ3) is 4.02. The standard InChI is InChI=1S/C13H20O2/c1-10(2)15-9-13(14)11(3)12-7-5-4-6-8-12/h4-8,10-11,13-14H,9H2,1-3H3. The van der Waals surface area contributed by atoms with Gasteiger partial charge in [0.15, 0.2) is 0 Å². The molecule has 1 rings (SSSR count). The molecule has 2 unspecified atom stereocenters. The van der Waals surface area contributed by atoms with Crippen molar-refractivity contribution < 1.29 is 9.84 Å². The van der Waals surface area contributed by atoms with Crippen LogP contribution in [0.3, 0.4) is 0 Å². The lowest BCUT2D eigenvalue weighted by Gasteiger charge is -2.20. The minimum Gasteiger partial charge on any atom is -0.390 e. The number of ether oxygens (including phenoxy) is 1. The summed E-state index contributed by atoms with van der Waals surface area (Å²) in [6, 6.07) is 10.0. The molecule has 1 aromatic carbocycles. The van der Waals surface area contributed by atoms with Crippen LogP contribution in [0.25, 0.3) is 0 Å². The fraction of sp³-hybridized carbons (Fsp3) is 0.538. The van der Waals surface area contributed by atoms with Gasteiger partial charge in [-0.25, -0.2) is 0 Å². The third-order valence-electron chi connectivity index (χ3n) is 2.50. The van der Waals surface area contributed by atoms with Crippen molar-refractivity contribution in [2.45, 2.75) is 38.9 Å². The molecule has 84 valence electrons. The second kappa shape index (κ2) is 5.89. The molecule has 0 amide bonds. The van der Waals surface area contributed by atoms with Gasteiger partial charge in [-0.2, -0.15) is 0 Å². The average Bonchev–Trinajstić information content (AvgIpc) is 2.26. The molecule has 1 N–H and O–H groups in total. The predicted molar refractivity (Wildman–Crippen MR) is 62.0 cm³/mol. The number of aliphatic hydroxyl groups is 1. The molecule has 0 aliphatic heterocycles. The second-order valence-corrected chi connectivity index (χ2v) is 4.15. The van der Waals surface area contributed by atoms with E-state index in [-0.39, 0.29) is 12.0 Å². The van der Waals surface area contributed by atoms with E-state index in [2.05, 4.69) is 0 Å². The Morgan fingerprint density at radius 3 is 2.27 bits per heavy atom. The van der Waals surface area contributed by atoms with Gasteiger partial charge in [-0.05, 0) is 19.4 Å². The molecule has 0 spiro atoms. The fourth-order valence-corrected chi connectivity index (χ4v) is 1.41. The van der Waals surface area contributed by atoms with Crippen LogP contribution in [-0.2, 0) is 4.74 Å². The normalized spacial score (nSPS) is 15.3. The summed E-state index contributed by atoms with van der Waals surface area (Å²) < 4.78 is 5.40. The van der Waals surface area contributed by atoms with E-state index in [4.69, 9.17) is 4.74 Å².